The molecule has 0 bridgehead atoms. The quantitative estimate of drug-likeness (QED) is 0.419. The van der Waals surface area contributed by atoms with Crippen molar-refractivity contribution in [3.8, 4) is 11.1 Å². The average Bonchev–Trinajstić information content (AvgIpc) is 3.12. The Kier molecular flexibility index (Phi) is 4.77. The second-order valence-electron chi connectivity index (χ2n) is 6.77. The van der Waals surface area contributed by atoms with Gasteiger partial charge in [-0.15, -0.1) is 0 Å². The topological polar surface area (TPSA) is 50.6 Å². The van der Waals surface area contributed by atoms with E-state index in [0.29, 0.717) is 12.2 Å². The molecule has 28 heavy (non-hydrogen) atoms. The first kappa shape index (κ1) is 17.7. The molecule has 4 rings (SSSR count). The second kappa shape index (κ2) is 7.53. The molecule has 2 aromatic carbocycles. The lowest BCUT2D eigenvalue weighted by Gasteiger charge is -2.08. The lowest BCUT2D eigenvalue weighted by molar-refractivity contribution is -0.117. The van der Waals surface area contributed by atoms with E-state index in [4.69, 9.17) is 0 Å². The van der Waals surface area contributed by atoms with Crippen LogP contribution in [0.25, 0.3) is 16.6 Å². The van der Waals surface area contributed by atoms with Crippen LogP contribution in [0.2, 0.25) is 0 Å². The lowest BCUT2D eigenvalue weighted by atomic mass is 10.0. The summed E-state index contributed by atoms with van der Waals surface area (Å²) in [7, 11) is 0. The van der Waals surface area contributed by atoms with Gasteiger partial charge in [-0.2, -0.15) is 0 Å². The second-order valence-corrected chi connectivity index (χ2v) is 6.77. The normalized spacial score (nSPS) is 10.8. The van der Waals surface area contributed by atoms with Crippen LogP contribution in [0, 0.1) is 6.92 Å². The number of ketones is 1. The van der Waals surface area contributed by atoms with E-state index in [0.717, 1.165) is 27.8 Å². The molecule has 0 atom stereocenters. The molecule has 1 amide bonds. The smallest absolute Gasteiger partial charge is 0.294 e. The summed E-state index contributed by atoms with van der Waals surface area (Å²) in [4.78, 5) is 25.7. The van der Waals surface area contributed by atoms with Crippen molar-refractivity contribution in [2.45, 2.75) is 13.5 Å². The van der Waals surface area contributed by atoms with Crippen LogP contribution in [0.4, 0.5) is 0 Å². The van der Waals surface area contributed by atoms with Gasteiger partial charge in [-0.1, -0.05) is 66.2 Å². The molecule has 0 aliphatic carbocycles. The fourth-order valence-electron chi connectivity index (χ4n) is 3.27. The molecule has 0 aliphatic rings. The molecule has 4 aromatic rings. The number of hydrogen-bond donors (Lipinski definition) is 1. The molecular weight excluding hydrogens is 348 g/mol. The number of fused-ring (bicyclic) bond motifs is 1. The number of nitrogens with one attached hydrogen (secondary N) is 1. The number of benzene rings is 2. The molecule has 2 aromatic heterocycles. The highest BCUT2D eigenvalue weighted by Crippen LogP contribution is 2.28. The summed E-state index contributed by atoms with van der Waals surface area (Å²) in [6.07, 6.45) is 1.81. The van der Waals surface area contributed by atoms with Crippen LogP contribution in [-0.4, -0.2) is 16.1 Å². The van der Waals surface area contributed by atoms with Gasteiger partial charge in [0.05, 0.1) is 0 Å². The van der Waals surface area contributed by atoms with Crippen molar-refractivity contribution in [1.82, 2.24) is 9.72 Å². The highest BCUT2D eigenvalue weighted by atomic mass is 16.2. The maximum absolute atomic E-state index is 13.1. The Balaban J connectivity index is 1.70. The standard InChI is InChI=1S/C24H20N2O2/c1-17-10-12-19(13-11-17)21-15-20-9-5-6-14-26(20)22(21)23(27)24(28)25-16-18-7-3-2-4-8-18/h2-15H,16H2,1H3,(H,25,28). The van der Waals surface area contributed by atoms with E-state index >= 15 is 0 Å². The Labute approximate surface area is 163 Å². The van der Waals surface area contributed by atoms with Gasteiger partial charge in [-0.3, -0.25) is 9.59 Å². The van der Waals surface area contributed by atoms with Crippen molar-refractivity contribution in [3.05, 3.63) is 102 Å². The first-order valence-corrected chi connectivity index (χ1v) is 9.17. The monoisotopic (exact) mass is 368 g/mol. The summed E-state index contributed by atoms with van der Waals surface area (Å²) in [5, 5.41) is 2.74. The van der Waals surface area contributed by atoms with E-state index in [-0.39, 0.29) is 0 Å². The maximum Gasteiger partial charge on any atom is 0.294 e. The number of Topliss-reactive ketones (excluding diaryl/α,β-unsaturated/α-hetero) is 1. The van der Waals surface area contributed by atoms with Gasteiger partial charge in [0.15, 0.2) is 0 Å². The molecule has 4 nitrogen and oxygen atoms in total. The summed E-state index contributed by atoms with van der Waals surface area (Å²) in [5.41, 5.74) is 5.00. The molecule has 0 unspecified atom stereocenters. The molecule has 0 spiro atoms. The maximum atomic E-state index is 13.1. The molecule has 0 fully saturated rings. The summed E-state index contributed by atoms with van der Waals surface area (Å²) >= 11 is 0. The number of carbonyl (C=O) groups is 2. The van der Waals surface area contributed by atoms with Gasteiger partial charge in [-0.25, -0.2) is 0 Å². The van der Waals surface area contributed by atoms with Crippen molar-refractivity contribution in [1.29, 1.82) is 0 Å². The Morgan fingerprint density at radius 3 is 2.36 bits per heavy atom. The number of amides is 1. The molecule has 1 N–H and O–H groups in total. The van der Waals surface area contributed by atoms with E-state index in [1.807, 2.05) is 92.0 Å². The minimum absolute atomic E-state index is 0.314. The third-order valence-corrected chi connectivity index (χ3v) is 4.76. The Hall–Kier alpha value is -3.66. The highest BCUT2D eigenvalue weighted by molar-refractivity contribution is 6.43. The van der Waals surface area contributed by atoms with E-state index in [1.54, 1.807) is 4.40 Å². The summed E-state index contributed by atoms with van der Waals surface area (Å²) in [6.45, 7) is 2.33. The van der Waals surface area contributed by atoms with Gasteiger partial charge in [0.1, 0.15) is 5.69 Å². The zero-order valence-corrected chi connectivity index (χ0v) is 15.6. The summed E-state index contributed by atoms with van der Waals surface area (Å²) < 4.78 is 1.78. The third-order valence-electron chi connectivity index (χ3n) is 4.76. The lowest BCUT2D eigenvalue weighted by Crippen LogP contribution is -2.31. The van der Waals surface area contributed by atoms with Crippen LogP contribution in [0.1, 0.15) is 21.6 Å². The van der Waals surface area contributed by atoms with E-state index in [2.05, 4.69) is 5.32 Å². The fourth-order valence-corrected chi connectivity index (χ4v) is 3.27. The van der Waals surface area contributed by atoms with Crippen LogP contribution in [0.3, 0.4) is 0 Å². The van der Waals surface area contributed by atoms with E-state index < -0.39 is 11.7 Å². The van der Waals surface area contributed by atoms with Crippen molar-refractivity contribution in [2.75, 3.05) is 0 Å². The van der Waals surface area contributed by atoms with Gasteiger partial charge >= 0.3 is 0 Å². The number of rotatable bonds is 5. The van der Waals surface area contributed by atoms with Gasteiger partial charge in [0.25, 0.3) is 11.7 Å². The molecular formula is C24H20N2O2. The Bertz CT molecular complexity index is 1140. The van der Waals surface area contributed by atoms with Crippen molar-refractivity contribution in [2.24, 2.45) is 0 Å². The van der Waals surface area contributed by atoms with Crippen molar-refractivity contribution in [3.63, 3.8) is 0 Å². The minimum atomic E-state index is -0.610. The molecule has 0 radical (unpaired) electrons. The van der Waals surface area contributed by atoms with E-state index in [1.165, 1.54) is 0 Å². The average molecular weight is 368 g/mol. The first-order chi connectivity index (χ1) is 13.6. The number of carbonyl (C=O) groups excluding carboxylic acids is 2. The Morgan fingerprint density at radius 1 is 0.893 bits per heavy atom. The molecule has 0 aliphatic heterocycles. The molecule has 2 heterocycles. The first-order valence-electron chi connectivity index (χ1n) is 9.17. The number of hydrogen-bond acceptors (Lipinski definition) is 2. The van der Waals surface area contributed by atoms with Gasteiger partial charge in [0.2, 0.25) is 0 Å². The molecule has 0 saturated carbocycles. The van der Waals surface area contributed by atoms with Crippen LogP contribution in [0.5, 0.6) is 0 Å². The predicted molar refractivity (Wildman–Crippen MR) is 110 cm³/mol. The zero-order valence-electron chi connectivity index (χ0n) is 15.6. The SMILES string of the molecule is Cc1ccc(-c2cc3ccccn3c2C(=O)C(=O)NCc2ccccc2)cc1. The van der Waals surface area contributed by atoms with Crippen LogP contribution in [0.15, 0.2) is 85.1 Å². The number of aryl methyl sites for hydroxylation is 1. The minimum Gasteiger partial charge on any atom is -0.345 e. The Morgan fingerprint density at radius 2 is 1.61 bits per heavy atom. The van der Waals surface area contributed by atoms with Crippen LogP contribution >= 0.6 is 0 Å². The van der Waals surface area contributed by atoms with Crippen LogP contribution < -0.4 is 5.32 Å². The summed E-state index contributed by atoms with van der Waals surface area (Å²) in [5.74, 6) is -1.15. The molecule has 4 heteroatoms. The van der Waals surface area contributed by atoms with E-state index in [9.17, 15) is 9.59 Å². The van der Waals surface area contributed by atoms with Gasteiger partial charge in [-0.05, 0) is 36.2 Å². The van der Waals surface area contributed by atoms with Crippen molar-refractivity contribution >= 4 is 17.2 Å². The third kappa shape index (κ3) is 3.45. The van der Waals surface area contributed by atoms with Crippen LogP contribution in [-0.2, 0) is 11.3 Å². The predicted octanol–water partition coefficient (Wildman–Crippen LogP) is 4.41. The number of pyridine rings is 1. The van der Waals surface area contributed by atoms with Gasteiger partial charge < -0.3 is 9.72 Å². The van der Waals surface area contributed by atoms with Crippen molar-refractivity contribution < 1.29 is 9.59 Å². The largest absolute Gasteiger partial charge is 0.345 e. The highest BCUT2D eigenvalue weighted by Gasteiger charge is 2.24. The van der Waals surface area contributed by atoms with Gasteiger partial charge in [0, 0.05) is 23.8 Å². The molecule has 138 valence electrons. The number of aromatic nitrogens is 1. The zero-order chi connectivity index (χ0) is 19.5. The summed E-state index contributed by atoms with van der Waals surface area (Å²) in [6, 6.07) is 25.1. The fraction of sp³-hybridized carbons (Fsp3) is 0.0833. The number of nitrogens with zero attached hydrogens (tertiary/aromatic N) is 1. The molecule has 0 saturated heterocycles.